The van der Waals surface area contributed by atoms with Crippen LogP contribution in [0.5, 0.6) is 0 Å². The third-order valence-electron chi connectivity index (χ3n) is 2.01. The van der Waals surface area contributed by atoms with Crippen molar-refractivity contribution in [2.75, 3.05) is 0 Å². The minimum atomic E-state index is 0.714. The maximum atomic E-state index is 4.24. The zero-order chi connectivity index (χ0) is 11.0. The number of fused-ring (bicyclic) bond motifs is 1. The van der Waals surface area contributed by atoms with Crippen molar-refractivity contribution >= 4 is 34.0 Å². The molecule has 3 heterocycles. The Hall–Kier alpha value is -1.54. The van der Waals surface area contributed by atoms with Crippen LogP contribution in [0.25, 0.3) is 10.9 Å². The Kier molecular flexibility index (Phi) is 2.29. The Morgan fingerprint density at radius 3 is 3.06 bits per heavy atom. The molecule has 0 aliphatic carbocycles. The van der Waals surface area contributed by atoms with Crippen LogP contribution in [0.4, 0.5) is 0 Å². The Morgan fingerprint density at radius 1 is 1.31 bits per heavy atom. The molecule has 0 amide bonds. The van der Waals surface area contributed by atoms with Crippen LogP contribution >= 0.6 is 23.1 Å². The third kappa shape index (κ3) is 1.55. The SMILES string of the molecule is Cn1nnnc1Sc1ncnc2cscc12. The van der Waals surface area contributed by atoms with E-state index in [1.54, 1.807) is 29.4 Å². The van der Waals surface area contributed by atoms with Crippen LogP contribution in [0.3, 0.4) is 0 Å². The minimum absolute atomic E-state index is 0.714. The molecule has 3 aromatic heterocycles. The van der Waals surface area contributed by atoms with Crippen molar-refractivity contribution in [1.82, 2.24) is 30.2 Å². The van der Waals surface area contributed by atoms with Gasteiger partial charge in [0.25, 0.3) is 0 Å². The molecule has 8 heteroatoms. The molecule has 0 saturated heterocycles. The summed E-state index contributed by atoms with van der Waals surface area (Å²) in [5, 5.41) is 17.9. The molecular weight excluding hydrogens is 244 g/mol. The normalized spacial score (nSPS) is 11.1. The molecule has 0 spiro atoms. The van der Waals surface area contributed by atoms with Crippen LogP contribution in [-0.4, -0.2) is 30.2 Å². The molecule has 0 saturated carbocycles. The minimum Gasteiger partial charge on any atom is -0.235 e. The van der Waals surface area contributed by atoms with Crippen molar-refractivity contribution < 1.29 is 0 Å². The fourth-order valence-electron chi connectivity index (χ4n) is 1.24. The predicted molar refractivity (Wildman–Crippen MR) is 60.3 cm³/mol. The van der Waals surface area contributed by atoms with E-state index in [0.29, 0.717) is 5.16 Å². The van der Waals surface area contributed by atoms with Gasteiger partial charge in [-0.15, -0.1) is 16.4 Å². The van der Waals surface area contributed by atoms with E-state index in [0.717, 1.165) is 15.9 Å². The van der Waals surface area contributed by atoms with Gasteiger partial charge in [0, 0.05) is 23.2 Å². The van der Waals surface area contributed by atoms with E-state index in [1.165, 1.54) is 11.8 Å². The molecule has 0 unspecified atom stereocenters. The van der Waals surface area contributed by atoms with Gasteiger partial charge in [-0.1, -0.05) is 0 Å². The lowest BCUT2D eigenvalue weighted by Crippen LogP contribution is -1.93. The van der Waals surface area contributed by atoms with Crippen molar-refractivity contribution in [3.63, 3.8) is 0 Å². The first kappa shape index (κ1) is 9.67. The highest BCUT2D eigenvalue weighted by Gasteiger charge is 2.10. The van der Waals surface area contributed by atoms with Crippen LogP contribution in [0.1, 0.15) is 0 Å². The van der Waals surface area contributed by atoms with Gasteiger partial charge < -0.3 is 0 Å². The number of hydrogen-bond donors (Lipinski definition) is 0. The average molecular weight is 250 g/mol. The lowest BCUT2D eigenvalue weighted by molar-refractivity contribution is 0.664. The van der Waals surface area contributed by atoms with Crippen molar-refractivity contribution in [2.24, 2.45) is 7.05 Å². The monoisotopic (exact) mass is 250 g/mol. The standard InChI is InChI=1S/C8H6N6S2/c1-14-8(11-12-13-14)16-7-5-2-15-3-6(5)9-4-10-7/h2-4H,1H3. The number of aromatic nitrogens is 6. The Labute approximate surface area is 98.7 Å². The molecule has 0 fully saturated rings. The van der Waals surface area contributed by atoms with E-state index >= 15 is 0 Å². The van der Waals surface area contributed by atoms with Crippen molar-refractivity contribution in [2.45, 2.75) is 10.2 Å². The molecule has 0 aromatic carbocycles. The van der Waals surface area contributed by atoms with Gasteiger partial charge in [-0.2, -0.15) is 0 Å². The van der Waals surface area contributed by atoms with Gasteiger partial charge in [-0.3, -0.25) is 0 Å². The van der Waals surface area contributed by atoms with Gasteiger partial charge in [-0.05, 0) is 22.2 Å². The van der Waals surface area contributed by atoms with E-state index in [9.17, 15) is 0 Å². The van der Waals surface area contributed by atoms with Gasteiger partial charge >= 0.3 is 0 Å². The van der Waals surface area contributed by atoms with Crippen LogP contribution in [-0.2, 0) is 7.05 Å². The first-order valence-corrected chi connectivity index (χ1v) is 6.17. The summed E-state index contributed by atoms with van der Waals surface area (Å²) < 4.78 is 1.62. The molecule has 6 nitrogen and oxygen atoms in total. The average Bonchev–Trinajstić information content (AvgIpc) is 2.89. The zero-order valence-electron chi connectivity index (χ0n) is 8.23. The van der Waals surface area contributed by atoms with Gasteiger partial charge in [-0.25, -0.2) is 14.6 Å². The summed E-state index contributed by atoms with van der Waals surface area (Å²) in [6.07, 6.45) is 1.56. The molecule has 3 aromatic rings. The summed E-state index contributed by atoms with van der Waals surface area (Å²) in [5.41, 5.74) is 0.956. The van der Waals surface area contributed by atoms with Gasteiger partial charge in [0.2, 0.25) is 5.16 Å². The largest absolute Gasteiger partial charge is 0.235 e. The highest BCUT2D eigenvalue weighted by atomic mass is 32.2. The number of nitrogens with zero attached hydrogens (tertiary/aromatic N) is 6. The number of thiophene rings is 1. The second-order valence-electron chi connectivity index (χ2n) is 3.04. The van der Waals surface area contributed by atoms with E-state index in [1.807, 2.05) is 10.8 Å². The highest BCUT2D eigenvalue weighted by molar-refractivity contribution is 7.99. The van der Waals surface area contributed by atoms with Crippen molar-refractivity contribution in [3.05, 3.63) is 17.1 Å². The van der Waals surface area contributed by atoms with E-state index in [-0.39, 0.29) is 0 Å². The Balaban J connectivity index is 2.07. The van der Waals surface area contributed by atoms with Gasteiger partial charge in [0.05, 0.1) is 5.52 Å². The maximum Gasteiger partial charge on any atom is 0.215 e. The molecule has 16 heavy (non-hydrogen) atoms. The molecule has 0 N–H and O–H groups in total. The van der Waals surface area contributed by atoms with Crippen molar-refractivity contribution in [1.29, 1.82) is 0 Å². The van der Waals surface area contributed by atoms with Crippen LogP contribution in [0.2, 0.25) is 0 Å². The summed E-state index contributed by atoms with van der Waals surface area (Å²) in [7, 11) is 1.80. The van der Waals surface area contributed by atoms with E-state index in [4.69, 9.17) is 0 Å². The number of aryl methyl sites for hydroxylation is 1. The topological polar surface area (TPSA) is 69.4 Å². The summed E-state index contributed by atoms with van der Waals surface area (Å²) in [6, 6.07) is 0. The lowest BCUT2D eigenvalue weighted by atomic mass is 10.4. The smallest absolute Gasteiger partial charge is 0.215 e. The molecule has 0 bridgehead atoms. The molecule has 0 aliphatic rings. The van der Waals surface area contributed by atoms with Gasteiger partial charge in [0.1, 0.15) is 11.4 Å². The first-order valence-electron chi connectivity index (χ1n) is 4.42. The summed E-state index contributed by atoms with van der Waals surface area (Å²) in [6.45, 7) is 0. The molecule has 0 aliphatic heterocycles. The Morgan fingerprint density at radius 2 is 2.25 bits per heavy atom. The lowest BCUT2D eigenvalue weighted by Gasteiger charge is -1.99. The molecular formula is C8H6N6S2. The summed E-state index contributed by atoms with van der Waals surface area (Å²) >= 11 is 3.05. The van der Waals surface area contributed by atoms with Crippen LogP contribution in [0, 0.1) is 0 Å². The van der Waals surface area contributed by atoms with Crippen molar-refractivity contribution in [3.8, 4) is 0 Å². The molecule has 3 rings (SSSR count). The predicted octanol–water partition coefficient (Wildman–Crippen LogP) is 1.37. The second kappa shape index (κ2) is 3.80. The quantitative estimate of drug-likeness (QED) is 0.640. The summed E-state index contributed by atoms with van der Waals surface area (Å²) in [5.74, 6) is 0. The third-order valence-corrected chi connectivity index (χ3v) is 3.79. The molecule has 80 valence electrons. The fraction of sp³-hybridized carbons (Fsp3) is 0.125. The zero-order valence-corrected chi connectivity index (χ0v) is 9.86. The number of hydrogen-bond acceptors (Lipinski definition) is 7. The number of tetrazole rings is 1. The van der Waals surface area contributed by atoms with E-state index < -0.39 is 0 Å². The molecule has 0 atom stereocenters. The Bertz CT molecular complexity index is 630. The van der Waals surface area contributed by atoms with Crippen LogP contribution < -0.4 is 0 Å². The molecule has 0 radical (unpaired) electrons. The fourth-order valence-corrected chi connectivity index (χ4v) is 2.86. The first-order chi connectivity index (χ1) is 7.84. The number of rotatable bonds is 2. The summed E-state index contributed by atoms with van der Waals surface area (Å²) in [4.78, 5) is 8.43. The van der Waals surface area contributed by atoms with Gasteiger partial charge in [0.15, 0.2) is 0 Å². The highest BCUT2D eigenvalue weighted by Crippen LogP contribution is 2.30. The van der Waals surface area contributed by atoms with Crippen LogP contribution in [0.15, 0.2) is 27.3 Å². The second-order valence-corrected chi connectivity index (χ2v) is 4.74. The van der Waals surface area contributed by atoms with E-state index in [2.05, 4.69) is 25.5 Å². The maximum absolute atomic E-state index is 4.24.